The number of benzene rings is 1. The highest BCUT2D eigenvalue weighted by atomic mass is 19.4. The molecule has 0 amide bonds. The largest absolute Gasteiger partial charge is 0.481 e. The van der Waals surface area contributed by atoms with E-state index in [1.54, 1.807) is 23.7 Å². The number of amidine groups is 1. The van der Waals surface area contributed by atoms with E-state index in [4.69, 9.17) is 11.6 Å². The molecule has 158 valence electrons. The fraction of sp³-hybridized carbons (Fsp3) is 0.167. The third-order valence-corrected chi connectivity index (χ3v) is 4.02. The first kappa shape index (κ1) is 21.0. The Bertz CT molecular complexity index is 1080. The van der Waals surface area contributed by atoms with Crippen LogP contribution in [0.5, 0.6) is 5.75 Å². The van der Waals surface area contributed by atoms with Gasteiger partial charge in [0, 0.05) is 24.4 Å². The summed E-state index contributed by atoms with van der Waals surface area (Å²) in [5.41, 5.74) is 10.1. The first-order valence-corrected chi connectivity index (χ1v) is 8.46. The Balaban J connectivity index is 2.03. The standard InChI is InChI=1S/C18H17F4N7O/c1-29-9-26-15(13-6-11(4-5-25-13)17(23)27-28-24)16(29)10-2-3-12(19)14(7-10)30-8-18(20,21)22/h2-7,9,28H,8,24H2,1H3,(H2,23,27). The lowest BCUT2D eigenvalue weighted by Crippen LogP contribution is -2.23. The Kier molecular flexibility index (Phi) is 5.87. The minimum Gasteiger partial charge on any atom is -0.481 e. The molecule has 0 atom stereocenters. The maximum atomic E-state index is 14.0. The highest BCUT2D eigenvalue weighted by Gasteiger charge is 2.29. The second kappa shape index (κ2) is 8.37. The van der Waals surface area contributed by atoms with Crippen LogP contribution in [0.15, 0.2) is 48.0 Å². The lowest BCUT2D eigenvalue weighted by Gasteiger charge is -2.12. The number of nitrogens with zero attached hydrogens (tertiary/aromatic N) is 4. The second-order valence-electron chi connectivity index (χ2n) is 6.16. The number of aromatic nitrogens is 3. The van der Waals surface area contributed by atoms with E-state index in [1.807, 2.05) is 0 Å². The zero-order valence-corrected chi connectivity index (χ0v) is 15.6. The van der Waals surface area contributed by atoms with Crippen molar-refractivity contribution >= 4 is 5.84 Å². The lowest BCUT2D eigenvalue weighted by atomic mass is 10.1. The van der Waals surface area contributed by atoms with E-state index in [9.17, 15) is 17.6 Å². The van der Waals surface area contributed by atoms with Crippen LogP contribution in [0.2, 0.25) is 0 Å². The van der Waals surface area contributed by atoms with Gasteiger partial charge >= 0.3 is 6.18 Å². The molecule has 30 heavy (non-hydrogen) atoms. The Labute approximate surface area is 168 Å². The van der Waals surface area contributed by atoms with E-state index in [0.717, 1.165) is 6.07 Å². The van der Waals surface area contributed by atoms with Crippen molar-refractivity contribution in [2.24, 2.45) is 23.7 Å². The number of hydrazone groups is 1. The van der Waals surface area contributed by atoms with Crippen LogP contribution in [0.1, 0.15) is 5.56 Å². The molecule has 0 fully saturated rings. The zero-order valence-electron chi connectivity index (χ0n) is 15.6. The van der Waals surface area contributed by atoms with Gasteiger partial charge in [-0.05, 0) is 30.3 Å². The van der Waals surface area contributed by atoms with E-state index in [-0.39, 0.29) is 5.84 Å². The molecule has 0 bridgehead atoms. The second-order valence-corrected chi connectivity index (χ2v) is 6.16. The number of nitrogens with one attached hydrogen (secondary N) is 1. The number of hydrazine groups is 1. The van der Waals surface area contributed by atoms with E-state index in [1.165, 1.54) is 24.7 Å². The maximum absolute atomic E-state index is 14.0. The molecule has 3 rings (SSSR count). The average molecular weight is 423 g/mol. The number of pyridine rings is 1. The summed E-state index contributed by atoms with van der Waals surface area (Å²) < 4.78 is 57.5. The van der Waals surface area contributed by atoms with E-state index in [2.05, 4.69) is 25.3 Å². The molecule has 5 N–H and O–H groups in total. The molecule has 1 aromatic carbocycles. The van der Waals surface area contributed by atoms with Gasteiger partial charge in [0.25, 0.3) is 0 Å². The Morgan fingerprint density at radius 3 is 2.70 bits per heavy atom. The summed E-state index contributed by atoms with van der Waals surface area (Å²) in [4.78, 5) is 8.58. The molecule has 3 aromatic rings. The molecule has 2 heterocycles. The fourth-order valence-electron chi connectivity index (χ4n) is 2.73. The third-order valence-electron chi connectivity index (χ3n) is 4.02. The molecule has 12 heteroatoms. The van der Waals surface area contributed by atoms with Crippen LogP contribution in [0, 0.1) is 5.82 Å². The molecular weight excluding hydrogens is 406 g/mol. The molecule has 0 aliphatic carbocycles. The topological polar surface area (TPSA) is 116 Å². The van der Waals surface area contributed by atoms with Gasteiger partial charge in [-0.25, -0.2) is 20.8 Å². The Morgan fingerprint density at radius 2 is 2.00 bits per heavy atom. The number of imidazole rings is 1. The van der Waals surface area contributed by atoms with Gasteiger partial charge in [0.15, 0.2) is 24.0 Å². The van der Waals surface area contributed by atoms with E-state index in [0.29, 0.717) is 28.2 Å². The summed E-state index contributed by atoms with van der Waals surface area (Å²) >= 11 is 0. The predicted molar refractivity (Wildman–Crippen MR) is 101 cm³/mol. The van der Waals surface area contributed by atoms with Gasteiger partial charge in [-0.1, -0.05) is 0 Å². The minimum absolute atomic E-state index is 0.114. The minimum atomic E-state index is -4.59. The smallest absolute Gasteiger partial charge is 0.422 e. The molecule has 0 aliphatic rings. The normalized spacial score (nSPS) is 12.1. The molecule has 0 saturated heterocycles. The Hall–Kier alpha value is -3.67. The summed E-state index contributed by atoms with van der Waals surface area (Å²) in [6.45, 7) is -1.61. The molecular formula is C18H17F4N7O. The van der Waals surface area contributed by atoms with Crippen molar-refractivity contribution in [2.75, 3.05) is 6.61 Å². The number of aryl methyl sites for hydroxylation is 1. The van der Waals surface area contributed by atoms with Gasteiger partial charge in [0.1, 0.15) is 5.69 Å². The van der Waals surface area contributed by atoms with Crippen LogP contribution in [-0.4, -0.2) is 33.2 Å². The number of ether oxygens (including phenoxy) is 1. The number of nitrogens with two attached hydrogens (primary N) is 2. The summed E-state index contributed by atoms with van der Waals surface area (Å²) in [6.07, 6.45) is -1.60. The van der Waals surface area contributed by atoms with Gasteiger partial charge in [-0.3, -0.25) is 4.98 Å². The number of halogens is 4. The van der Waals surface area contributed by atoms with E-state index < -0.39 is 24.3 Å². The molecule has 0 unspecified atom stereocenters. The van der Waals surface area contributed by atoms with Crippen molar-refractivity contribution in [1.82, 2.24) is 20.1 Å². The van der Waals surface area contributed by atoms with Gasteiger partial charge < -0.3 is 15.0 Å². The molecule has 0 radical (unpaired) electrons. The van der Waals surface area contributed by atoms with Gasteiger partial charge in [-0.15, -0.1) is 5.10 Å². The van der Waals surface area contributed by atoms with Gasteiger partial charge in [0.2, 0.25) is 0 Å². The number of alkyl halides is 3. The third kappa shape index (κ3) is 4.66. The van der Waals surface area contributed by atoms with Gasteiger partial charge in [-0.2, -0.15) is 13.2 Å². The average Bonchev–Trinajstić information content (AvgIpc) is 3.08. The quantitative estimate of drug-likeness (QED) is 0.184. The van der Waals surface area contributed by atoms with Crippen molar-refractivity contribution in [3.63, 3.8) is 0 Å². The van der Waals surface area contributed by atoms with Crippen LogP contribution in [0.3, 0.4) is 0 Å². The molecule has 8 nitrogen and oxygen atoms in total. The first-order valence-electron chi connectivity index (χ1n) is 8.46. The van der Waals surface area contributed by atoms with Crippen molar-refractivity contribution in [2.45, 2.75) is 6.18 Å². The van der Waals surface area contributed by atoms with Crippen LogP contribution >= 0.6 is 0 Å². The molecule has 0 spiro atoms. The SMILES string of the molecule is Cn1cnc(-c2cc(/C(N)=N/NN)ccn2)c1-c1ccc(F)c(OCC(F)(F)F)c1. The van der Waals surface area contributed by atoms with Crippen LogP contribution < -0.4 is 21.8 Å². The van der Waals surface area contributed by atoms with Crippen LogP contribution in [-0.2, 0) is 7.05 Å². The fourth-order valence-corrected chi connectivity index (χ4v) is 2.73. The van der Waals surface area contributed by atoms with Crippen LogP contribution in [0.25, 0.3) is 22.6 Å². The Morgan fingerprint density at radius 1 is 1.23 bits per heavy atom. The summed E-state index contributed by atoms with van der Waals surface area (Å²) in [7, 11) is 1.68. The van der Waals surface area contributed by atoms with Crippen molar-refractivity contribution in [3.05, 3.63) is 54.2 Å². The number of rotatable bonds is 6. The van der Waals surface area contributed by atoms with Crippen molar-refractivity contribution in [3.8, 4) is 28.4 Å². The lowest BCUT2D eigenvalue weighted by molar-refractivity contribution is -0.153. The van der Waals surface area contributed by atoms with Crippen molar-refractivity contribution in [1.29, 1.82) is 0 Å². The molecule has 2 aromatic heterocycles. The van der Waals surface area contributed by atoms with E-state index >= 15 is 0 Å². The maximum Gasteiger partial charge on any atom is 0.422 e. The summed E-state index contributed by atoms with van der Waals surface area (Å²) in [5.74, 6) is 3.81. The molecule has 0 aliphatic heterocycles. The number of hydrogen-bond donors (Lipinski definition) is 3. The monoisotopic (exact) mass is 423 g/mol. The zero-order chi connectivity index (χ0) is 21.9. The van der Waals surface area contributed by atoms with Crippen LogP contribution in [0.4, 0.5) is 17.6 Å². The van der Waals surface area contributed by atoms with Gasteiger partial charge in [0.05, 0.1) is 17.7 Å². The molecule has 0 saturated carbocycles. The summed E-state index contributed by atoms with van der Waals surface area (Å²) in [6, 6.07) is 6.85. The summed E-state index contributed by atoms with van der Waals surface area (Å²) in [5, 5.41) is 3.70. The number of hydrogen-bond acceptors (Lipinski definition) is 6. The highest BCUT2D eigenvalue weighted by molar-refractivity contribution is 5.98. The predicted octanol–water partition coefficient (Wildman–Crippen LogP) is 2.31. The highest BCUT2D eigenvalue weighted by Crippen LogP contribution is 2.33. The van der Waals surface area contributed by atoms with Crippen molar-refractivity contribution < 1.29 is 22.3 Å². The first-order chi connectivity index (χ1) is 14.2.